The van der Waals surface area contributed by atoms with Crippen LogP contribution in [0.1, 0.15) is 55.6 Å². The van der Waals surface area contributed by atoms with Gasteiger partial charge in [-0.2, -0.15) is 18.4 Å². The van der Waals surface area contributed by atoms with Crippen LogP contribution in [0.3, 0.4) is 0 Å². The molecule has 0 fully saturated rings. The van der Waals surface area contributed by atoms with Crippen molar-refractivity contribution in [1.29, 1.82) is 5.26 Å². The Bertz CT molecular complexity index is 4220. The second-order valence-corrected chi connectivity index (χ2v) is 20.9. The van der Waals surface area contributed by atoms with Crippen molar-refractivity contribution in [2.45, 2.75) is 61.6 Å². The fraction of sp³-hybridized carbons (Fsp3) is 0.129. The Hall–Kier alpha value is -8.92. The fourth-order valence-electron chi connectivity index (χ4n) is 11.9. The molecule has 0 saturated carbocycles. The molecule has 0 unspecified atom stereocenters. The molecule has 2 aromatic heterocycles. The summed E-state index contributed by atoms with van der Waals surface area (Å²) >= 11 is 0. The number of alkyl halides is 3. The van der Waals surface area contributed by atoms with Gasteiger partial charge in [0.2, 0.25) is 0 Å². The molecule has 0 aliphatic rings. The van der Waals surface area contributed by atoms with E-state index in [1.165, 1.54) is 45.5 Å². The van der Waals surface area contributed by atoms with Crippen LogP contribution in [0, 0.1) is 66.7 Å². The number of rotatable bonds is 7. The number of aromatic nitrogens is 2. The summed E-state index contributed by atoms with van der Waals surface area (Å²) < 4.78 is 50.1. The average Bonchev–Trinajstić information content (AvgIpc) is 4.07. The standard InChI is InChI=1S/C70H54F3N3/c1-40-9-19-54(44(5)29-40)49-14-25-65-60(34-49)61-35-50(55-20-10-41(2)30-45(55)6)15-26-66(61)75(65)64-24-13-48(39-74)33-59(64)58-23-18-53(70(71,72)73)38-69(58)76-67-27-16-51(56-21-11-42(3)31-46(56)7)36-62(67)63-37-52(17-28-68(63)76)57-22-12-43(4)32-47(57)8/h9-38H,1-8H3. The van der Waals surface area contributed by atoms with E-state index in [9.17, 15) is 5.26 Å². The van der Waals surface area contributed by atoms with Gasteiger partial charge in [-0.25, -0.2) is 0 Å². The van der Waals surface area contributed by atoms with Gasteiger partial charge in [0.15, 0.2) is 0 Å². The third-order valence-electron chi connectivity index (χ3n) is 15.5. The molecule has 0 saturated heterocycles. The predicted molar refractivity (Wildman–Crippen MR) is 310 cm³/mol. The maximum absolute atomic E-state index is 15.3. The SMILES string of the molecule is Cc1ccc(-c2ccc3c(c2)c2cc(-c4ccc(C)cc4C)ccc2n3-c2ccc(C#N)cc2-c2ccc(C(F)(F)F)cc2-n2c3ccc(-c4ccc(C)cc4C)cc3c3cc(-c4ccc(C)cc4C)ccc32)c(C)c1. The maximum Gasteiger partial charge on any atom is 0.416 e. The zero-order chi connectivity index (χ0) is 52.9. The van der Waals surface area contributed by atoms with Crippen molar-refractivity contribution in [3.8, 4) is 73.1 Å². The number of nitriles is 1. The minimum absolute atomic E-state index is 0.347. The van der Waals surface area contributed by atoms with Gasteiger partial charge >= 0.3 is 6.18 Å². The second-order valence-electron chi connectivity index (χ2n) is 20.9. The molecular weight excluding hydrogens is 940 g/mol. The number of fused-ring (bicyclic) bond motifs is 6. The van der Waals surface area contributed by atoms with Gasteiger partial charge in [0.05, 0.1) is 50.6 Å². The van der Waals surface area contributed by atoms with E-state index in [2.05, 4.69) is 199 Å². The van der Waals surface area contributed by atoms with Crippen molar-refractivity contribution < 1.29 is 13.2 Å². The highest BCUT2D eigenvalue weighted by atomic mass is 19.4. The smallest absolute Gasteiger partial charge is 0.309 e. The third kappa shape index (κ3) is 8.15. The molecule has 6 heteroatoms. The van der Waals surface area contributed by atoms with Gasteiger partial charge in [-0.15, -0.1) is 0 Å². The Morgan fingerprint density at radius 2 is 0.671 bits per heavy atom. The molecule has 2 heterocycles. The summed E-state index contributed by atoms with van der Waals surface area (Å²) in [6.45, 7) is 16.9. The zero-order valence-corrected chi connectivity index (χ0v) is 43.8. The van der Waals surface area contributed by atoms with Crippen LogP contribution < -0.4 is 0 Å². The molecule has 0 N–H and O–H groups in total. The molecule has 0 aliphatic carbocycles. The van der Waals surface area contributed by atoms with Gasteiger partial charge in [-0.3, -0.25) is 0 Å². The van der Waals surface area contributed by atoms with Crippen molar-refractivity contribution in [1.82, 2.24) is 9.13 Å². The quantitative estimate of drug-likeness (QED) is 0.157. The molecule has 0 amide bonds. The lowest BCUT2D eigenvalue weighted by atomic mass is 9.95. The summed E-state index contributed by atoms with van der Waals surface area (Å²) in [5, 5.41) is 14.5. The number of halogens is 3. The van der Waals surface area contributed by atoms with Crippen molar-refractivity contribution >= 4 is 43.6 Å². The van der Waals surface area contributed by atoms with E-state index in [0.717, 1.165) is 105 Å². The van der Waals surface area contributed by atoms with E-state index in [-0.39, 0.29) is 0 Å². The minimum Gasteiger partial charge on any atom is -0.309 e. The Morgan fingerprint density at radius 1 is 0.329 bits per heavy atom. The Balaban J connectivity index is 1.16. The Labute approximate surface area is 441 Å². The molecule has 3 nitrogen and oxygen atoms in total. The van der Waals surface area contributed by atoms with Gasteiger partial charge in [0, 0.05) is 32.7 Å². The molecule has 0 radical (unpaired) electrons. The molecule has 0 aliphatic heterocycles. The summed E-state index contributed by atoms with van der Waals surface area (Å²) in [4.78, 5) is 0. The summed E-state index contributed by atoms with van der Waals surface area (Å²) in [5.41, 5.74) is 23.2. The van der Waals surface area contributed by atoms with Crippen LogP contribution in [0.5, 0.6) is 0 Å². The maximum atomic E-state index is 15.3. The molecule has 370 valence electrons. The van der Waals surface area contributed by atoms with Gasteiger partial charge in [-0.05, 0) is 201 Å². The van der Waals surface area contributed by atoms with Gasteiger partial charge in [-0.1, -0.05) is 125 Å². The first-order valence-corrected chi connectivity index (χ1v) is 25.8. The van der Waals surface area contributed by atoms with Crippen LogP contribution in [0.4, 0.5) is 13.2 Å². The summed E-state index contributed by atoms with van der Waals surface area (Å²) in [7, 11) is 0. The Kier molecular flexibility index (Phi) is 11.5. The lowest BCUT2D eigenvalue weighted by Gasteiger charge is -2.20. The number of hydrogen-bond acceptors (Lipinski definition) is 1. The number of hydrogen-bond donors (Lipinski definition) is 0. The molecule has 0 bridgehead atoms. The lowest BCUT2D eigenvalue weighted by Crippen LogP contribution is -2.08. The Morgan fingerprint density at radius 3 is 1.00 bits per heavy atom. The number of nitrogens with zero attached hydrogens (tertiary/aromatic N) is 3. The molecule has 12 aromatic rings. The van der Waals surface area contributed by atoms with Crippen LogP contribution in [-0.4, -0.2) is 9.13 Å². The number of aryl methyl sites for hydroxylation is 8. The topological polar surface area (TPSA) is 33.6 Å². The lowest BCUT2D eigenvalue weighted by molar-refractivity contribution is -0.137. The van der Waals surface area contributed by atoms with E-state index < -0.39 is 11.7 Å². The van der Waals surface area contributed by atoms with Crippen LogP contribution in [0.2, 0.25) is 0 Å². The second kappa shape index (κ2) is 18.2. The summed E-state index contributed by atoms with van der Waals surface area (Å²) in [6, 6.07) is 63.7. The van der Waals surface area contributed by atoms with Gasteiger partial charge < -0.3 is 9.13 Å². The highest BCUT2D eigenvalue weighted by Gasteiger charge is 2.33. The summed E-state index contributed by atoms with van der Waals surface area (Å²) in [5.74, 6) is 0. The van der Waals surface area contributed by atoms with Crippen molar-refractivity contribution in [3.63, 3.8) is 0 Å². The van der Waals surface area contributed by atoms with E-state index in [1.807, 2.05) is 28.8 Å². The van der Waals surface area contributed by atoms with E-state index in [0.29, 0.717) is 22.4 Å². The van der Waals surface area contributed by atoms with Crippen molar-refractivity contribution in [3.05, 3.63) is 238 Å². The normalized spacial score (nSPS) is 11.9. The predicted octanol–water partition coefficient (Wildman–Crippen LogP) is 19.6. The molecule has 10 aromatic carbocycles. The molecule has 0 spiro atoms. The number of benzene rings is 10. The van der Waals surface area contributed by atoms with Crippen LogP contribution in [-0.2, 0) is 6.18 Å². The minimum atomic E-state index is -4.65. The van der Waals surface area contributed by atoms with E-state index in [4.69, 9.17) is 0 Å². The van der Waals surface area contributed by atoms with Crippen molar-refractivity contribution in [2.24, 2.45) is 0 Å². The highest BCUT2D eigenvalue weighted by molar-refractivity contribution is 6.14. The highest BCUT2D eigenvalue weighted by Crippen LogP contribution is 2.46. The van der Waals surface area contributed by atoms with Gasteiger partial charge in [0.1, 0.15) is 0 Å². The van der Waals surface area contributed by atoms with E-state index in [1.54, 1.807) is 12.1 Å². The third-order valence-corrected chi connectivity index (χ3v) is 15.5. The largest absolute Gasteiger partial charge is 0.416 e. The summed E-state index contributed by atoms with van der Waals surface area (Å²) in [6.07, 6.45) is -4.65. The van der Waals surface area contributed by atoms with Gasteiger partial charge in [0.25, 0.3) is 0 Å². The van der Waals surface area contributed by atoms with Crippen LogP contribution in [0.25, 0.3) is 111 Å². The van der Waals surface area contributed by atoms with Crippen LogP contribution >= 0.6 is 0 Å². The van der Waals surface area contributed by atoms with E-state index >= 15 is 13.2 Å². The van der Waals surface area contributed by atoms with Crippen LogP contribution in [0.15, 0.2) is 182 Å². The fourth-order valence-corrected chi connectivity index (χ4v) is 11.9. The zero-order valence-electron chi connectivity index (χ0n) is 43.8. The van der Waals surface area contributed by atoms with Crippen molar-refractivity contribution in [2.75, 3.05) is 0 Å². The first-order chi connectivity index (χ1) is 36.5. The molecular formula is C70H54F3N3. The monoisotopic (exact) mass is 993 g/mol. The molecule has 0 atom stereocenters. The first kappa shape index (κ1) is 48.0. The first-order valence-electron chi connectivity index (χ1n) is 25.8. The average molecular weight is 994 g/mol. The molecule has 12 rings (SSSR count). The molecule has 76 heavy (non-hydrogen) atoms.